The highest BCUT2D eigenvalue weighted by Gasteiger charge is 2.29. The summed E-state index contributed by atoms with van der Waals surface area (Å²) >= 11 is 0. The molecule has 0 saturated carbocycles. The molecule has 7 heteroatoms. The number of carbonyl (C=O) groups is 1. The molecule has 0 saturated heterocycles. The number of hydrogen-bond donors (Lipinski definition) is 0. The molecule has 2 heterocycles. The minimum absolute atomic E-state index is 0.119. The van der Waals surface area contributed by atoms with E-state index in [1.165, 1.54) is 7.11 Å². The summed E-state index contributed by atoms with van der Waals surface area (Å²) in [6.45, 7) is 4.10. The molecule has 92 valence electrons. The first-order valence-electron chi connectivity index (χ1n) is 5.29. The summed E-state index contributed by atoms with van der Waals surface area (Å²) in [5, 5.41) is 11.2. The molecule has 0 N–H and O–H groups in total. The molecule has 0 aliphatic carbocycles. The standard InChI is InChI=1S/C10H14N4O3/c1-6-9(10(15)16-3)4-8(17-6)5-14-7(2)11-12-13-14/h8H,4-5H2,1-3H3/t8-/m0/s1. The molecule has 0 unspecified atom stereocenters. The SMILES string of the molecule is COC(=O)C1=C(C)O[C@H](Cn2nnnc2C)C1. The Hall–Kier alpha value is -1.92. The van der Waals surface area contributed by atoms with E-state index in [1.54, 1.807) is 11.6 Å². The Morgan fingerprint density at radius 3 is 2.94 bits per heavy atom. The van der Waals surface area contributed by atoms with Gasteiger partial charge in [0.25, 0.3) is 0 Å². The first-order chi connectivity index (χ1) is 8.11. The van der Waals surface area contributed by atoms with E-state index in [9.17, 15) is 4.79 Å². The summed E-state index contributed by atoms with van der Waals surface area (Å²) in [6, 6.07) is 0. The molecule has 1 aromatic heterocycles. The van der Waals surface area contributed by atoms with Crippen LogP contribution in [0.1, 0.15) is 19.2 Å². The molecule has 1 aliphatic heterocycles. The number of carbonyl (C=O) groups excluding carboxylic acids is 1. The van der Waals surface area contributed by atoms with Crippen molar-refractivity contribution >= 4 is 5.97 Å². The van der Waals surface area contributed by atoms with Crippen LogP contribution in [0.15, 0.2) is 11.3 Å². The van der Waals surface area contributed by atoms with E-state index in [4.69, 9.17) is 4.74 Å². The van der Waals surface area contributed by atoms with Crippen LogP contribution in [0.2, 0.25) is 0 Å². The highest BCUT2D eigenvalue weighted by Crippen LogP contribution is 2.26. The summed E-state index contributed by atoms with van der Waals surface area (Å²) < 4.78 is 11.9. The Morgan fingerprint density at radius 2 is 2.35 bits per heavy atom. The number of allylic oxidation sites excluding steroid dienone is 1. The van der Waals surface area contributed by atoms with Crippen LogP contribution in [0.4, 0.5) is 0 Å². The Kier molecular flexibility index (Phi) is 3.08. The van der Waals surface area contributed by atoms with E-state index in [2.05, 4.69) is 20.3 Å². The lowest BCUT2D eigenvalue weighted by Gasteiger charge is -2.11. The normalized spacial score (nSPS) is 19.4. The van der Waals surface area contributed by atoms with Gasteiger partial charge in [-0.1, -0.05) is 0 Å². The second-order valence-electron chi connectivity index (χ2n) is 3.88. The van der Waals surface area contributed by atoms with Gasteiger partial charge in [0.15, 0.2) is 0 Å². The molecule has 0 spiro atoms. The van der Waals surface area contributed by atoms with E-state index >= 15 is 0 Å². The Morgan fingerprint density at radius 1 is 1.59 bits per heavy atom. The molecule has 0 fully saturated rings. The lowest BCUT2D eigenvalue weighted by atomic mass is 10.1. The summed E-state index contributed by atoms with van der Waals surface area (Å²) in [4.78, 5) is 11.4. The molecular formula is C10H14N4O3. The number of rotatable bonds is 3. The van der Waals surface area contributed by atoms with E-state index < -0.39 is 0 Å². The molecular weight excluding hydrogens is 224 g/mol. The van der Waals surface area contributed by atoms with Gasteiger partial charge in [0.1, 0.15) is 17.7 Å². The molecule has 1 atom stereocenters. The average molecular weight is 238 g/mol. The summed E-state index contributed by atoms with van der Waals surface area (Å²) in [6.07, 6.45) is 0.406. The zero-order chi connectivity index (χ0) is 12.4. The van der Waals surface area contributed by atoms with Gasteiger partial charge in [0.2, 0.25) is 0 Å². The van der Waals surface area contributed by atoms with Crippen LogP contribution in [0.25, 0.3) is 0 Å². The van der Waals surface area contributed by atoms with E-state index in [0.717, 1.165) is 5.82 Å². The largest absolute Gasteiger partial charge is 0.492 e. The number of nitrogens with zero attached hydrogens (tertiary/aromatic N) is 4. The van der Waals surface area contributed by atoms with Crippen molar-refractivity contribution < 1.29 is 14.3 Å². The quantitative estimate of drug-likeness (QED) is 0.701. The third-order valence-electron chi connectivity index (χ3n) is 2.72. The van der Waals surface area contributed by atoms with Crippen LogP contribution >= 0.6 is 0 Å². The minimum atomic E-state index is -0.335. The van der Waals surface area contributed by atoms with E-state index in [0.29, 0.717) is 24.3 Å². The summed E-state index contributed by atoms with van der Waals surface area (Å²) in [5.41, 5.74) is 0.586. The molecule has 0 amide bonds. The van der Waals surface area contributed by atoms with Gasteiger partial charge in [-0.05, 0) is 24.3 Å². The molecule has 0 aromatic carbocycles. The van der Waals surface area contributed by atoms with E-state index in [1.807, 2.05) is 6.92 Å². The predicted molar refractivity (Wildman–Crippen MR) is 56.8 cm³/mol. The van der Waals surface area contributed by atoms with Gasteiger partial charge in [-0.3, -0.25) is 0 Å². The lowest BCUT2D eigenvalue weighted by Crippen LogP contribution is -2.18. The molecule has 1 aliphatic rings. The fourth-order valence-electron chi connectivity index (χ4n) is 1.80. The number of esters is 1. The third kappa shape index (κ3) is 2.27. The molecule has 7 nitrogen and oxygen atoms in total. The molecule has 0 bridgehead atoms. The van der Waals surface area contributed by atoms with Crippen LogP contribution in [0.5, 0.6) is 0 Å². The zero-order valence-corrected chi connectivity index (χ0v) is 10.0. The van der Waals surface area contributed by atoms with Gasteiger partial charge >= 0.3 is 5.97 Å². The van der Waals surface area contributed by atoms with Crippen molar-refractivity contribution in [3.8, 4) is 0 Å². The Balaban J connectivity index is 2.01. The van der Waals surface area contributed by atoms with Crippen molar-refractivity contribution in [1.82, 2.24) is 20.2 Å². The highest BCUT2D eigenvalue weighted by molar-refractivity contribution is 5.89. The summed E-state index contributed by atoms with van der Waals surface area (Å²) in [7, 11) is 1.36. The van der Waals surface area contributed by atoms with Crippen molar-refractivity contribution in [1.29, 1.82) is 0 Å². The lowest BCUT2D eigenvalue weighted by molar-refractivity contribution is -0.136. The minimum Gasteiger partial charge on any atom is -0.492 e. The fourth-order valence-corrected chi connectivity index (χ4v) is 1.80. The Labute approximate surface area is 98.4 Å². The van der Waals surface area contributed by atoms with Crippen LogP contribution in [-0.4, -0.2) is 39.4 Å². The number of methoxy groups -OCH3 is 1. The van der Waals surface area contributed by atoms with Crippen LogP contribution in [0.3, 0.4) is 0 Å². The van der Waals surface area contributed by atoms with Crippen LogP contribution < -0.4 is 0 Å². The maximum atomic E-state index is 11.4. The molecule has 0 radical (unpaired) electrons. The number of aromatic nitrogens is 4. The maximum absolute atomic E-state index is 11.4. The van der Waals surface area contributed by atoms with E-state index in [-0.39, 0.29) is 12.1 Å². The van der Waals surface area contributed by atoms with Gasteiger partial charge in [0, 0.05) is 6.42 Å². The number of hydrogen-bond acceptors (Lipinski definition) is 6. The first-order valence-corrected chi connectivity index (χ1v) is 5.29. The van der Waals surface area contributed by atoms with Crippen LogP contribution in [0, 0.1) is 6.92 Å². The van der Waals surface area contributed by atoms with Crippen molar-refractivity contribution in [2.45, 2.75) is 32.9 Å². The zero-order valence-electron chi connectivity index (χ0n) is 10.0. The van der Waals surface area contributed by atoms with Gasteiger partial charge in [0.05, 0.1) is 19.2 Å². The predicted octanol–water partition coefficient (Wildman–Crippen LogP) is 0.217. The maximum Gasteiger partial charge on any atom is 0.337 e. The molecule has 1 aromatic rings. The second-order valence-corrected chi connectivity index (χ2v) is 3.88. The fraction of sp³-hybridized carbons (Fsp3) is 0.600. The third-order valence-corrected chi connectivity index (χ3v) is 2.72. The second kappa shape index (κ2) is 4.52. The van der Waals surface area contributed by atoms with Crippen molar-refractivity contribution in [2.24, 2.45) is 0 Å². The van der Waals surface area contributed by atoms with Crippen LogP contribution in [-0.2, 0) is 20.8 Å². The summed E-state index contributed by atoms with van der Waals surface area (Å²) in [5.74, 6) is 1.00. The number of aryl methyl sites for hydroxylation is 1. The average Bonchev–Trinajstić information content (AvgIpc) is 2.86. The smallest absolute Gasteiger partial charge is 0.337 e. The monoisotopic (exact) mass is 238 g/mol. The first kappa shape index (κ1) is 11.6. The van der Waals surface area contributed by atoms with Gasteiger partial charge in [-0.15, -0.1) is 5.10 Å². The van der Waals surface area contributed by atoms with Crippen molar-refractivity contribution in [3.05, 3.63) is 17.2 Å². The van der Waals surface area contributed by atoms with Gasteiger partial charge < -0.3 is 9.47 Å². The topological polar surface area (TPSA) is 79.1 Å². The van der Waals surface area contributed by atoms with Crippen molar-refractivity contribution in [2.75, 3.05) is 7.11 Å². The van der Waals surface area contributed by atoms with Crippen molar-refractivity contribution in [3.63, 3.8) is 0 Å². The number of ether oxygens (including phenoxy) is 2. The molecule has 2 rings (SSSR count). The molecule has 17 heavy (non-hydrogen) atoms. The number of tetrazole rings is 1. The van der Waals surface area contributed by atoms with Gasteiger partial charge in [-0.2, -0.15) is 0 Å². The highest BCUT2D eigenvalue weighted by atomic mass is 16.5. The Bertz CT molecular complexity index is 466. The van der Waals surface area contributed by atoms with Gasteiger partial charge in [-0.25, -0.2) is 9.48 Å².